The first-order valence-corrected chi connectivity index (χ1v) is 8.81. The van der Waals surface area contributed by atoms with Crippen LogP contribution < -0.4 is 0 Å². The van der Waals surface area contributed by atoms with Crippen LogP contribution in [-0.2, 0) is 0 Å². The summed E-state index contributed by atoms with van der Waals surface area (Å²) >= 11 is 0. The second-order valence-corrected chi connectivity index (χ2v) is 8.10. The summed E-state index contributed by atoms with van der Waals surface area (Å²) in [5.41, 5.74) is -5.87. The third-order valence-corrected chi connectivity index (χ3v) is 5.74. The predicted octanol–water partition coefficient (Wildman–Crippen LogP) is 2.26. The maximum absolute atomic E-state index is 12.7. The van der Waals surface area contributed by atoms with Gasteiger partial charge in [-0.05, 0) is 27.9 Å². The van der Waals surface area contributed by atoms with Crippen LogP contribution in [0.5, 0.6) is 0 Å². The zero-order valence-corrected chi connectivity index (χ0v) is 17.8. The van der Waals surface area contributed by atoms with Crippen LogP contribution in [0.25, 0.3) is 0 Å². The molecule has 17 heteroatoms. The molecule has 31 heavy (non-hydrogen) atoms. The molecule has 2 amide bonds. The first-order valence-electron chi connectivity index (χ1n) is 8.81. The molecule has 0 saturated carbocycles. The van der Waals surface area contributed by atoms with Gasteiger partial charge < -0.3 is 9.80 Å². The molecule has 2 aliphatic heterocycles. The minimum Gasteiger partial charge on any atom is -0.324 e. The van der Waals surface area contributed by atoms with E-state index in [0.717, 1.165) is 9.80 Å². The van der Waals surface area contributed by atoms with Crippen molar-refractivity contribution in [1.82, 2.24) is 41.0 Å². The number of likely N-dealkylation sites (N-methyl/N-ethyl adjacent to an activating group) is 4. The predicted molar refractivity (Wildman–Crippen MR) is 91.7 cm³/mol. The van der Waals surface area contributed by atoms with Gasteiger partial charge in [0.05, 0.1) is 29.4 Å². The molecule has 2 aliphatic rings. The van der Waals surface area contributed by atoms with Crippen LogP contribution in [0.15, 0.2) is 0 Å². The van der Waals surface area contributed by atoms with Crippen LogP contribution in [0.2, 0.25) is 0 Å². The van der Waals surface area contributed by atoms with Gasteiger partial charge >= 0.3 is 6.03 Å². The summed E-state index contributed by atoms with van der Waals surface area (Å²) in [7, 11) is 5.44. The summed E-state index contributed by atoms with van der Waals surface area (Å²) in [6, 6.07) is -0.575. The normalized spacial score (nSPS) is 24.3. The van der Waals surface area contributed by atoms with Gasteiger partial charge in [-0.25, -0.2) is 4.79 Å². The quantitative estimate of drug-likeness (QED) is 0.352. The van der Waals surface area contributed by atoms with Crippen molar-refractivity contribution in [2.45, 2.75) is 30.8 Å². The minimum absolute atomic E-state index is 0.440. The number of halogens is 8. The molecule has 2 saturated heterocycles. The second kappa shape index (κ2) is 9.53. The van der Waals surface area contributed by atoms with Gasteiger partial charge in [0.15, 0.2) is 0 Å². The minimum atomic E-state index is -2.77. The Morgan fingerprint density at radius 1 is 0.613 bits per heavy atom. The maximum atomic E-state index is 12.7. The Hall–Kier alpha value is -1.53. The lowest BCUT2D eigenvalue weighted by molar-refractivity contribution is -0.391. The summed E-state index contributed by atoms with van der Waals surface area (Å²) < 4.78 is 101. The van der Waals surface area contributed by atoms with E-state index in [9.17, 15) is 40.6 Å². The lowest BCUT2D eigenvalue weighted by atomic mass is 10.0. The van der Waals surface area contributed by atoms with Crippen LogP contribution in [0.3, 0.4) is 0 Å². The molecule has 184 valence electrons. The molecule has 0 atom stereocenters. The van der Waals surface area contributed by atoms with Crippen LogP contribution in [0, 0.1) is 0 Å². The smallest absolute Gasteiger partial charge is 0.319 e. The first-order chi connectivity index (χ1) is 14.0. The molecular weight excluding hydrogens is 448 g/mol. The van der Waals surface area contributed by atoms with E-state index in [0.29, 0.717) is 0 Å². The molecule has 0 aliphatic carbocycles. The van der Waals surface area contributed by atoms with Crippen molar-refractivity contribution < 1.29 is 40.6 Å². The maximum Gasteiger partial charge on any atom is 0.319 e. The summed E-state index contributed by atoms with van der Waals surface area (Å²) in [4.78, 5) is 15.7. The topological polar surface area (TPSA) is 43.0 Å². The van der Waals surface area contributed by atoms with Crippen molar-refractivity contribution in [2.75, 3.05) is 54.4 Å². The van der Waals surface area contributed by atoms with Crippen LogP contribution >= 0.6 is 0 Å². The molecule has 2 heterocycles. The summed E-state index contributed by atoms with van der Waals surface area (Å²) in [6.07, 6.45) is 0. The standard InChI is InChI=1S/C8H16F4N4.C6H10F4N4O/c1-7(2)13(3)5-8(15(9)10,16(11)12)6-14(7)4;1-11-3-6(13(7)8,14(9)10)4-12(2)5(11)15/h5-6H2,1-4H3;3-4H2,1-2H3. The Morgan fingerprint density at radius 2 is 0.871 bits per heavy atom. The lowest BCUT2D eigenvalue weighted by Crippen LogP contribution is -2.73. The lowest BCUT2D eigenvalue weighted by Gasteiger charge is -2.53. The molecule has 0 radical (unpaired) electrons. The van der Waals surface area contributed by atoms with Gasteiger partial charge in [-0.1, -0.05) is 35.9 Å². The Labute approximate surface area is 174 Å². The number of nitrogens with zero attached hydrogens (tertiary/aromatic N) is 8. The van der Waals surface area contributed by atoms with E-state index in [2.05, 4.69) is 0 Å². The number of hydrogen-bond acceptors (Lipinski definition) is 7. The molecule has 2 fully saturated rings. The third-order valence-electron chi connectivity index (χ3n) is 5.74. The summed E-state index contributed by atoms with van der Waals surface area (Å²) in [5, 5.41) is -6.00. The van der Waals surface area contributed by atoms with E-state index in [1.54, 1.807) is 13.8 Å². The second-order valence-electron chi connectivity index (χ2n) is 8.10. The van der Waals surface area contributed by atoms with E-state index in [1.165, 1.54) is 38.0 Å². The van der Waals surface area contributed by atoms with Gasteiger partial charge in [0.1, 0.15) is 0 Å². The largest absolute Gasteiger partial charge is 0.324 e. The number of carbonyl (C=O) groups is 1. The average Bonchev–Trinajstić information content (AvgIpc) is 2.63. The molecule has 0 bridgehead atoms. The van der Waals surface area contributed by atoms with Gasteiger partial charge in [-0.2, -0.15) is 0 Å². The van der Waals surface area contributed by atoms with Crippen molar-refractivity contribution >= 4 is 6.03 Å². The van der Waals surface area contributed by atoms with E-state index < -0.39 is 70.6 Å². The van der Waals surface area contributed by atoms with Crippen molar-refractivity contribution in [2.24, 2.45) is 0 Å². The third kappa shape index (κ3) is 5.11. The molecule has 0 spiro atoms. The molecule has 0 aromatic heterocycles. The number of urea groups is 1. The van der Waals surface area contributed by atoms with Gasteiger partial charge in [-0.3, -0.25) is 9.80 Å². The fourth-order valence-corrected chi connectivity index (χ4v) is 3.27. The fourth-order valence-electron chi connectivity index (χ4n) is 3.27. The van der Waals surface area contributed by atoms with Crippen molar-refractivity contribution in [3.8, 4) is 0 Å². The molecule has 0 N–H and O–H groups in total. The molecule has 2 rings (SSSR count). The Bertz CT molecular complexity index is 577. The number of rotatable bonds is 4. The number of amides is 2. The summed E-state index contributed by atoms with van der Waals surface area (Å²) in [6.45, 7) is 1.16. The Balaban J connectivity index is 0.000000311. The Morgan fingerprint density at radius 3 is 1.13 bits per heavy atom. The van der Waals surface area contributed by atoms with Gasteiger partial charge in [0.2, 0.25) is 11.3 Å². The molecular formula is C14H26F8N8O. The van der Waals surface area contributed by atoms with E-state index in [-0.39, 0.29) is 0 Å². The Kier molecular flexibility index (Phi) is 8.46. The van der Waals surface area contributed by atoms with Crippen molar-refractivity contribution in [3.63, 3.8) is 0 Å². The number of hydrogen-bond donors (Lipinski definition) is 0. The average molecular weight is 474 g/mol. The highest BCUT2D eigenvalue weighted by Crippen LogP contribution is 2.34. The van der Waals surface area contributed by atoms with E-state index in [1.807, 2.05) is 0 Å². The van der Waals surface area contributed by atoms with Gasteiger partial charge in [0.25, 0.3) is 0 Å². The fraction of sp³-hybridized carbons (Fsp3) is 0.929. The van der Waals surface area contributed by atoms with E-state index in [4.69, 9.17) is 0 Å². The molecule has 9 nitrogen and oxygen atoms in total. The summed E-state index contributed by atoms with van der Waals surface area (Å²) in [5.74, 6) is 0. The van der Waals surface area contributed by atoms with Crippen LogP contribution in [0.4, 0.5) is 40.6 Å². The highest BCUT2D eigenvalue weighted by Gasteiger charge is 2.56. The van der Waals surface area contributed by atoms with Gasteiger partial charge in [-0.15, -0.1) is 0 Å². The highest BCUT2D eigenvalue weighted by molar-refractivity contribution is 5.75. The van der Waals surface area contributed by atoms with Crippen molar-refractivity contribution in [1.29, 1.82) is 0 Å². The monoisotopic (exact) mass is 474 g/mol. The van der Waals surface area contributed by atoms with Gasteiger partial charge in [0, 0.05) is 37.9 Å². The highest BCUT2D eigenvalue weighted by atomic mass is 19.4. The first kappa shape index (κ1) is 27.5. The zero-order chi connectivity index (χ0) is 24.5. The van der Waals surface area contributed by atoms with E-state index >= 15 is 0 Å². The molecule has 0 aromatic rings. The van der Waals surface area contributed by atoms with Crippen LogP contribution in [-0.4, -0.2) is 118 Å². The molecule has 0 aromatic carbocycles. The number of carbonyl (C=O) groups excluding carboxylic acids is 1. The van der Waals surface area contributed by atoms with Crippen molar-refractivity contribution in [3.05, 3.63) is 0 Å². The van der Waals surface area contributed by atoms with Crippen LogP contribution in [0.1, 0.15) is 13.8 Å². The SMILES string of the molecule is CN1CC(N(F)F)(N(F)F)CN(C)C1(C)C.CN1CC(N(F)F)(N(F)F)CN(C)C1=O. The molecule has 0 unspecified atom stereocenters. The zero-order valence-electron chi connectivity index (χ0n) is 17.8.